The molecule has 1 aromatic carbocycles. The molecule has 0 amide bonds. The molecule has 1 saturated heterocycles. The van der Waals surface area contributed by atoms with E-state index < -0.39 is 11.6 Å². The summed E-state index contributed by atoms with van der Waals surface area (Å²) in [4.78, 5) is 18.5. The van der Waals surface area contributed by atoms with Crippen LogP contribution in [0.15, 0.2) is 54.9 Å². The second-order valence-corrected chi connectivity index (χ2v) is 6.54. The molecular formula is C20H24N2O3. The molecule has 1 aliphatic rings. The lowest BCUT2D eigenvalue weighted by atomic mass is 9.80. The summed E-state index contributed by atoms with van der Waals surface area (Å²) in [6.07, 6.45) is 6.00. The summed E-state index contributed by atoms with van der Waals surface area (Å²) < 4.78 is 5.58. The Morgan fingerprint density at radius 1 is 1.20 bits per heavy atom. The second kappa shape index (κ2) is 7.66. The van der Waals surface area contributed by atoms with Gasteiger partial charge in [0.25, 0.3) is 0 Å². The van der Waals surface area contributed by atoms with Gasteiger partial charge in [0.15, 0.2) is 5.60 Å². The number of carboxylic acids is 1. The predicted octanol–water partition coefficient (Wildman–Crippen LogP) is 3.31. The summed E-state index contributed by atoms with van der Waals surface area (Å²) in [5.74, 6) is -0.605. The van der Waals surface area contributed by atoms with E-state index >= 15 is 0 Å². The Bertz CT molecular complexity index is 685. The number of anilines is 1. The highest BCUT2D eigenvalue weighted by atomic mass is 16.5. The van der Waals surface area contributed by atoms with Crippen LogP contribution in [0.2, 0.25) is 0 Å². The highest BCUT2D eigenvalue weighted by molar-refractivity contribution is 5.79. The molecule has 1 unspecified atom stereocenters. The minimum absolute atomic E-state index is 0.314. The largest absolute Gasteiger partial charge is 0.479 e. The van der Waals surface area contributed by atoms with E-state index in [1.165, 1.54) is 12.8 Å². The second-order valence-electron chi connectivity index (χ2n) is 6.54. The van der Waals surface area contributed by atoms with E-state index in [1.807, 2.05) is 42.5 Å². The first-order valence-corrected chi connectivity index (χ1v) is 8.65. The summed E-state index contributed by atoms with van der Waals surface area (Å²) in [7, 11) is 1.49. The maximum absolute atomic E-state index is 12.1. The molecule has 132 valence electrons. The minimum Gasteiger partial charge on any atom is -0.479 e. The molecule has 0 spiro atoms. The molecule has 0 aliphatic carbocycles. The third kappa shape index (κ3) is 3.66. The molecule has 1 atom stereocenters. The monoisotopic (exact) mass is 340 g/mol. The molecule has 0 bridgehead atoms. The lowest BCUT2D eigenvalue weighted by molar-refractivity contribution is -0.166. The number of carboxylic acid groups (broad SMARTS) is 1. The van der Waals surface area contributed by atoms with Gasteiger partial charge in [-0.05, 0) is 42.9 Å². The van der Waals surface area contributed by atoms with Crippen LogP contribution >= 0.6 is 0 Å². The van der Waals surface area contributed by atoms with Gasteiger partial charge in [-0.3, -0.25) is 4.98 Å². The molecule has 25 heavy (non-hydrogen) atoms. The zero-order valence-corrected chi connectivity index (χ0v) is 14.5. The van der Waals surface area contributed by atoms with Crippen molar-refractivity contribution in [1.29, 1.82) is 0 Å². The number of pyridine rings is 1. The number of rotatable bonds is 6. The SMILES string of the molecule is COC(CC1CCN(c2ccncc2)CC1)(C(=O)O)c1ccccc1. The van der Waals surface area contributed by atoms with Crippen LogP contribution in [-0.2, 0) is 15.1 Å². The Balaban J connectivity index is 1.71. The number of piperidine rings is 1. The van der Waals surface area contributed by atoms with Crippen molar-refractivity contribution in [2.75, 3.05) is 25.1 Å². The van der Waals surface area contributed by atoms with Crippen LogP contribution < -0.4 is 4.90 Å². The summed E-state index contributed by atoms with van der Waals surface area (Å²) in [5.41, 5.74) is 0.611. The molecule has 3 rings (SSSR count). The fraction of sp³-hybridized carbons (Fsp3) is 0.400. The van der Waals surface area contributed by atoms with Gasteiger partial charge in [0, 0.05) is 38.3 Å². The van der Waals surface area contributed by atoms with Gasteiger partial charge in [0.1, 0.15) is 0 Å². The molecule has 1 aromatic heterocycles. The average molecular weight is 340 g/mol. The highest BCUT2D eigenvalue weighted by Crippen LogP contribution is 2.37. The number of carbonyl (C=O) groups is 1. The number of methoxy groups -OCH3 is 1. The van der Waals surface area contributed by atoms with E-state index in [9.17, 15) is 9.90 Å². The van der Waals surface area contributed by atoms with Gasteiger partial charge in [-0.25, -0.2) is 4.79 Å². The van der Waals surface area contributed by atoms with Gasteiger partial charge in [-0.1, -0.05) is 30.3 Å². The Morgan fingerprint density at radius 3 is 2.40 bits per heavy atom. The number of benzene rings is 1. The topological polar surface area (TPSA) is 62.7 Å². The molecule has 0 radical (unpaired) electrons. The summed E-state index contributed by atoms with van der Waals surface area (Å²) in [6, 6.07) is 13.3. The molecule has 1 fully saturated rings. The van der Waals surface area contributed by atoms with Gasteiger partial charge < -0.3 is 14.7 Å². The van der Waals surface area contributed by atoms with Crippen molar-refractivity contribution in [3.05, 3.63) is 60.4 Å². The standard InChI is InChI=1S/C20H24N2O3/c1-25-20(19(23)24,17-5-3-2-4-6-17)15-16-9-13-22(14-10-16)18-7-11-21-12-8-18/h2-8,11-12,16H,9-10,13-15H2,1H3,(H,23,24). The van der Waals surface area contributed by atoms with Crippen molar-refractivity contribution in [1.82, 2.24) is 4.98 Å². The van der Waals surface area contributed by atoms with Crippen molar-refractivity contribution < 1.29 is 14.6 Å². The van der Waals surface area contributed by atoms with Crippen molar-refractivity contribution >= 4 is 11.7 Å². The zero-order valence-electron chi connectivity index (χ0n) is 14.5. The number of ether oxygens (including phenoxy) is 1. The Hall–Kier alpha value is -2.40. The van der Waals surface area contributed by atoms with E-state index in [1.54, 1.807) is 12.4 Å². The smallest absolute Gasteiger partial charge is 0.340 e. The maximum atomic E-state index is 12.1. The van der Waals surface area contributed by atoms with Crippen molar-refractivity contribution in [2.45, 2.75) is 24.9 Å². The van der Waals surface area contributed by atoms with Gasteiger partial charge in [-0.15, -0.1) is 0 Å². The molecule has 5 nitrogen and oxygen atoms in total. The lowest BCUT2D eigenvalue weighted by Gasteiger charge is -2.38. The normalized spacial score (nSPS) is 17.9. The van der Waals surface area contributed by atoms with Crippen LogP contribution in [0.25, 0.3) is 0 Å². The first-order chi connectivity index (χ1) is 12.2. The Labute approximate surface area is 148 Å². The van der Waals surface area contributed by atoms with Crippen molar-refractivity contribution in [3.63, 3.8) is 0 Å². The fourth-order valence-corrected chi connectivity index (χ4v) is 3.68. The van der Waals surface area contributed by atoms with Crippen LogP contribution in [0, 0.1) is 5.92 Å². The number of aromatic nitrogens is 1. The molecule has 2 heterocycles. The lowest BCUT2D eigenvalue weighted by Crippen LogP contribution is -2.42. The van der Waals surface area contributed by atoms with Gasteiger partial charge in [-0.2, -0.15) is 0 Å². The zero-order chi connectivity index (χ0) is 17.7. The van der Waals surface area contributed by atoms with Gasteiger partial charge in [0.05, 0.1) is 0 Å². The Morgan fingerprint density at radius 2 is 1.84 bits per heavy atom. The molecule has 5 heteroatoms. The molecule has 1 N–H and O–H groups in total. The summed E-state index contributed by atoms with van der Waals surface area (Å²) >= 11 is 0. The minimum atomic E-state index is -1.27. The van der Waals surface area contributed by atoms with Crippen LogP contribution in [0.1, 0.15) is 24.8 Å². The summed E-state index contributed by atoms with van der Waals surface area (Å²) in [6.45, 7) is 1.84. The third-order valence-corrected chi connectivity index (χ3v) is 5.15. The van der Waals surface area contributed by atoms with E-state index in [2.05, 4.69) is 9.88 Å². The van der Waals surface area contributed by atoms with E-state index in [-0.39, 0.29) is 0 Å². The van der Waals surface area contributed by atoms with Crippen LogP contribution in [0.5, 0.6) is 0 Å². The van der Waals surface area contributed by atoms with Crippen LogP contribution in [-0.4, -0.2) is 36.3 Å². The third-order valence-electron chi connectivity index (χ3n) is 5.15. The molecular weight excluding hydrogens is 316 g/mol. The van der Waals surface area contributed by atoms with E-state index in [0.717, 1.165) is 25.9 Å². The molecule has 2 aromatic rings. The number of hydrogen-bond donors (Lipinski definition) is 1. The Kier molecular flexibility index (Phi) is 5.34. The van der Waals surface area contributed by atoms with Crippen LogP contribution in [0.3, 0.4) is 0 Å². The molecule has 0 saturated carbocycles. The first-order valence-electron chi connectivity index (χ1n) is 8.65. The quantitative estimate of drug-likeness (QED) is 0.874. The maximum Gasteiger partial charge on any atom is 0.340 e. The number of nitrogens with zero attached hydrogens (tertiary/aromatic N) is 2. The van der Waals surface area contributed by atoms with Crippen molar-refractivity contribution in [3.8, 4) is 0 Å². The first kappa shape index (κ1) is 17.4. The number of hydrogen-bond acceptors (Lipinski definition) is 4. The predicted molar refractivity (Wildman–Crippen MR) is 96.6 cm³/mol. The average Bonchev–Trinajstić information content (AvgIpc) is 2.68. The molecule has 1 aliphatic heterocycles. The van der Waals surface area contributed by atoms with E-state index in [0.29, 0.717) is 17.9 Å². The van der Waals surface area contributed by atoms with Gasteiger partial charge in [0.2, 0.25) is 0 Å². The summed E-state index contributed by atoms with van der Waals surface area (Å²) in [5, 5.41) is 9.90. The van der Waals surface area contributed by atoms with Crippen molar-refractivity contribution in [2.24, 2.45) is 5.92 Å². The van der Waals surface area contributed by atoms with Gasteiger partial charge >= 0.3 is 5.97 Å². The fourth-order valence-electron chi connectivity index (χ4n) is 3.68. The van der Waals surface area contributed by atoms with E-state index in [4.69, 9.17) is 4.74 Å². The highest BCUT2D eigenvalue weighted by Gasteiger charge is 2.43. The number of aliphatic carboxylic acids is 1. The van der Waals surface area contributed by atoms with Crippen LogP contribution in [0.4, 0.5) is 5.69 Å².